The number of likely N-dealkylation sites (N-methyl/N-ethyl adjacent to an activating group) is 1. The van der Waals surface area contributed by atoms with Crippen LogP contribution in [-0.2, 0) is 9.59 Å². The van der Waals surface area contributed by atoms with Gasteiger partial charge in [-0.2, -0.15) is 0 Å². The molecule has 1 fully saturated rings. The quantitative estimate of drug-likeness (QED) is 0.476. The maximum absolute atomic E-state index is 10.7. The summed E-state index contributed by atoms with van der Waals surface area (Å²) < 4.78 is 0. The van der Waals surface area contributed by atoms with Gasteiger partial charge in [-0.05, 0) is 6.54 Å². The third-order valence-corrected chi connectivity index (χ3v) is 1.46. The van der Waals surface area contributed by atoms with E-state index in [4.69, 9.17) is 0 Å². The first kappa shape index (κ1) is 7.21. The van der Waals surface area contributed by atoms with E-state index in [1.54, 1.807) is 4.90 Å². The summed E-state index contributed by atoms with van der Waals surface area (Å²) in [5.74, 6) is -0.392. The normalized spacial score (nSPS) is 20.9. The number of nitrogens with zero attached hydrogens (tertiary/aromatic N) is 1. The summed E-state index contributed by atoms with van der Waals surface area (Å²) in [6.45, 7) is 3.37. The van der Waals surface area contributed by atoms with E-state index in [9.17, 15) is 9.59 Å². The Hall–Kier alpha value is -0.900. The highest BCUT2D eigenvalue weighted by atomic mass is 16.2. The van der Waals surface area contributed by atoms with Crippen molar-refractivity contribution in [1.29, 1.82) is 0 Å². The largest absolute Gasteiger partial charge is 0.294 e. The van der Waals surface area contributed by atoms with Crippen LogP contribution in [0.2, 0.25) is 0 Å². The average Bonchev–Trinajstić information content (AvgIpc) is 1.85. The van der Waals surface area contributed by atoms with Crippen LogP contribution in [0.1, 0.15) is 6.92 Å². The van der Waals surface area contributed by atoms with Crippen molar-refractivity contribution in [2.75, 3.05) is 19.6 Å². The number of rotatable bonds is 1. The van der Waals surface area contributed by atoms with Crippen molar-refractivity contribution in [3.8, 4) is 0 Å². The second-order valence-corrected chi connectivity index (χ2v) is 2.27. The van der Waals surface area contributed by atoms with Crippen molar-refractivity contribution in [3.05, 3.63) is 0 Å². The second kappa shape index (κ2) is 2.79. The lowest BCUT2D eigenvalue weighted by molar-refractivity contribution is -0.135. The van der Waals surface area contributed by atoms with E-state index in [2.05, 4.69) is 5.32 Å². The minimum Gasteiger partial charge on any atom is -0.294 e. The predicted molar refractivity (Wildman–Crippen MR) is 35.3 cm³/mol. The first-order valence-electron chi connectivity index (χ1n) is 3.27. The second-order valence-electron chi connectivity index (χ2n) is 2.27. The number of carbonyl (C=O) groups is 2. The van der Waals surface area contributed by atoms with Gasteiger partial charge >= 0.3 is 0 Å². The van der Waals surface area contributed by atoms with Crippen molar-refractivity contribution in [2.24, 2.45) is 0 Å². The molecule has 1 rings (SSSR count). The Morgan fingerprint density at radius 1 is 1.40 bits per heavy atom. The predicted octanol–water partition coefficient (Wildman–Crippen LogP) is -1.04. The minimum absolute atomic E-state index is 0.196. The summed E-state index contributed by atoms with van der Waals surface area (Å²) in [5, 5.41) is 2.22. The highest BCUT2D eigenvalue weighted by molar-refractivity contribution is 5.99. The van der Waals surface area contributed by atoms with E-state index in [1.165, 1.54) is 0 Å². The van der Waals surface area contributed by atoms with Crippen molar-refractivity contribution in [1.82, 2.24) is 10.2 Å². The van der Waals surface area contributed by atoms with Gasteiger partial charge in [-0.25, -0.2) is 0 Å². The Morgan fingerprint density at radius 3 is 2.30 bits per heavy atom. The number of imide groups is 1. The fraction of sp³-hybridized carbons (Fsp3) is 0.667. The molecule has 0 radical (unpaired) electrons. The number of piperazine rings is 1. The number of carbonyl (C=O) groups excluding carboxylic acids is 2. The molecule has 1 saturated heterocycles. The highest BCUT2D eigenvalue weighted by Crippen LogP contribution is 1.91. The van der Waals surface area contributed by atoms with Gasteiger partial charge < -0.3 is 0 Å². The Balaban J connectivity index is 2.50. The number of amides is 2. The van der Waals surface area contributed by atoms with Crippen LogP contribution in [-0.4, -0.2) is 36.3 Å². The summed E-state index contributed by atoms with van der Waals surface area (Å²) in [7, 11) is 0. The van der Waals surface area contributed by atoms with E-state index >= 15 is 0 Å². The molecule has 2 amide bonds. The summed E-state index contributed by atoms with van der Waals surface area (Å²) >= 11 is 0. The molecule has 1 aliphatic rings. The first-order valence-corrected chi connectivity index (χ1v) is 3.27. The zero-order chi connectivity index (χ0) is 7.56. The van der Waals surface area contributed by atoms with Crippen LogP contribution >= 0.6 is 0 Å². The van der Waals surface area contributed by atoms with Crippen LogP contribution in [0.5, 0.6) is 0 Å². The molecule has 10 heavy (non-hydrogen) atoms. The maximum atomic E-state index is 10.7. The summed E-state index contributed by atoms with van der Waals surface area (Å²) in [5.41, 5.74) is 0. The molecule has 56 valence electrons. The summed E-state index contributed by atoms with van der Waals surface area (Å²) in [4.78, 5) is 23.1. The molecule has 0 spiro atoms. The molecule has 0 unspecified atom stereocenters. The third-order valence-electron chi connectivity index (χ3n) is 1.46. The highest BCUT2D eigenvalue weighted by Gasteiger charge is 2.20. The van der Waals surface area contributed by atoms with Gasteiger partial charge in [0.2, 0.25) is 11.8 Å². The zero-order valence-corrected chi connectivity index (χ0v) is 5.89. The molecular formula is C6H10N2O2. The van der Waals surface area contributed by atoms with E-state index in [-0.39, 0.29) is 11.8 Å². The van der Waals surface area contributed by atoms with Crippen LogP contribution in [0.4, 0.5) is 0 Å². The molecule has 0 aromatic carbocycles. The molecule has 4 heteroatoms. The lowest BCUT2D eigenvalue weighted by Crippen LogP contribution is -2.51. The SMILES string of the molecule is CCN1CC(=O)NC(=O)C1. The molecular weight excluding hydrogens is 132 g/mol. The third kappa shape index (κ3) is 1.54. The molecule has 1 heterocycles. The number of nitrogens with one attached hydrogen (secondary N) is 1. The van der Waals surface area contributed by atoms with Gasteiger partial charge in [0, 0.05) is 0 Å². The Labute approximate surface area is 59.2 Å². The lowest BCUT2D eigenvalue weighted by atomic mass is 10.3. The number of hydrogen-bond acceptors (Lipinski definition) is 3. The van der Waals surface area contributed by atoms with Gasteiger partial charge in [0.05, 0.1) is 13.1 Å². The van der Waals surface area contributed by atoms with Crippen molar-refractivity contribution in [3.63, 3.8) is 0 Å². The standard InChI is InChI=1S/C6H10N2O2/c1-2-8-3-5(9)7-6(10)4-8/h2-4H2,1H3,(H,7,9,10). The van der Waals surface area contributed by atoms with Gasteiger partial charge in [-0.1, -0.05) is 6.92 Å². The van der Waals surface area contributed by atoms with E-state index in [0.29, 0.717) is 13.1 Å². The fourth-order valence-electron chi connectivity index (χ4n) is 0.920. The van der Waals surface area contributed by atoms with Crippen LogP contribution in [0.25, 0.3) is 0 Å². The molecule has 1 aliphatic heterocycles. The Morgan fingerprint density at radius 2 is 1.90 bits per heavy atom. The Bertz CT molecular complexity index is 151. The number of hydrogen-bond donors (Lipinski definition) is 1. The van der Waals surface area contributed by atoms with Crippen molar-refractivity contribution in [2.45, 2.75) is 6.92 Å². The van der Waals surface area contributed by atoms with Gasteiger partial charge in [0.1, 0.15) is 0 Å². The first-order chi connectivity index (χ1) is 4.72. The van der Waals surface area contributed by atoms with Gasteiger partial charge in [0.25, 0.3) is 0 Å². The Kier molecular flexibility index (Phi) is 2.01. The maximum Gasteiger partial charge on any atom is 0.240 e. The van der Waals surface area contributed by atoms with Crippen molar-refractivity contribution < 1.29 is 9.59 Å². The van der Waals surface area contributed by atoms with Crippen LogP contribution < -0.4 is 5.32 Å². The smallest absolute Gasteiger partial charge is 0.240 e. The van der Waals surface area contributed by atoms with Crippen molar-refractivity contribution >= 4 is 11.8 Å². The average molecular weight is 142 g/mol. The van der Waals surface area contributed by atoms with Gasteiger partial charge in [-0.15, -0.1) is 0 Å². The minimum atomic E-state index is -0.196. The van der Waals surface area contributed by atoms with Crippen LogP contribution in [0.15, 0.2) is 0 Å². The lowest BCUT2D eigenvalue weighted by Gasteiger charge is -2.23. The molecule has 1 N–H and O–H groups in total. The monoisotopic (exact) mass is 142 g/mol. The molecule has 0 aromatic rings. The zero-order valence-electron chi connectivity index (χ0n) is 5.89. The van der Waals surface area contributed by atoms with E-state index in [1.807, 2.05) is 6.92 Å². The summed E-state index contributed by atoms with van der Waals surface area (Å²) in [6, 6.07) is 0. The molecule has 0 saturated carbocycles. The topological polar surface area (TPSA) is 49.4 Å². The summed E-state index contributed by atoms with van der Waals surface area (Å²) in [6.07, 6.45) is 0. The van der Waals surface area contributed by atoms with Gasteiger partial charge in [0.15, 0.2) is 0 Å². The molecule has 0 aliphatic carbocycles. The van der Waals surface area contributed by atoms with E-state index in [0.717, 1.165) is 6.54 Å². The molecule has 0 atom stereocenters. The van der Waals surface area contributed by atoms with Gasteiger partial charge in [-0.3, -0.25) is 19.8 Å². The van der Waals surface area contributed by atoms with Crippen LogP contribution in [0, 0.1) is 0 Å². The van der Waals surface area contributed by atoms with Crippen LogP contribution in [0.3, 0.4) is 0 Å². The molecule has 4 nitrogen and oxygen atoms in total. The molecule has 0 bridgehead atoms. The molecule has 0 aromatic heterocycles. The fourth-order valence-corrected chi connectivity index (χ4v) is 0.920. The van der Waals surface area contributed by atoms with E-state index < -0.39 is 0 Å².